The van der Waals surface area contributed by atoms with E-state index in [0.29, 0.717) is 19.6 Å². The Morgan fingerprint density at radius 3 is 2.62 bits per heavy atom. The van der Waals surface area contributed by atoms with Crippen LogP contribution in [0.2, 0.25) is 0 Å². The first-order chi connectivity index (χ1) is 3.79. The van der Waals surface area contributed by atoms with Gasteiger partial charge in [0, 0.05) is 6.04 Å². The molecule has 1 rings (SSSR count). The van der Waals surface area contributed by atoms with Crippen molar-refractivity contribution >= 4 is 0 Å². The molecule has 1 saturated heterocycles. The van der Waals surface area contributed by atoms with E-state index >= 15 is 0 Å². The molecule has 1 fully saturated rings. The molecule has 0 unspecified atom stereocenters. The zero-order valence-corrected chi connectivity index (χ0v) is 4.71. The van der Waals surface area contributed by atoms with Crippen LogP contribution in [0.25, 0.3) is 0 Å². The summed E-state index contributed by atoms with van der Waals surface area (Å²) in [6.45, 7) is 1.05. The van der Waals surface area contributed by atoms with Gasteiger partial charge in [-0.05, 0) is 6.42 Å². The number of aliphatic hydroxyl groups is 1. The molecule has 0 aromatic rings. The van der Waals surface area contributed by atoms with Gasteiger partial charge in [-0.25, -0.2) is 0 Å². The SMILES string of the molecule is N[C@@H]1COC[C@H](O)C1. The second-order valence-corrected chi connectivity index (χ2v) is 2.19. The molecule has 3 N–H and O–H groups in total. The summed E-state index contributed by atoms with van der Waals surface area (Å²) in [6.07, 6.45) is 0.346. The number of hydrogen-bond donors (Lipinski definition) is 2. The summed E-state index contributed by atoms with van der Waals surface area (Å²) in [7, 11) is 0. The highest BCUT2D eigenvalue weighted by molar-refractivity contribution is 4.70. The maximum absolute atomic E-state index is 8.87. The Bertz CT molecular complexity index is 68.8. The molecule has 2 atom stereocenters. The Hall–Kier alpha value is -0.120. The van der Waals surface area contributed by atoms with Crippen LogP contribution in [0.3, 0.4) is 0 Å². The van der Waals surface area contributed by atoms with E-state index < -0.39 is 0 Å². The van der Waals surface area contributed by atoms with Crippen LogP contribution < -0.4 is 5.73 Å². The van der Waals surface area contributed by atoms with Gasteiger partial charge in [-0.15, -0.1) is 0 Å². The van der Waals surface area contributed by atoms with Crippen molar-refractivity contribution in [2.45, 2.75) is 18.6 Å². The quantitative estimate of drug-likeness (QED) is 0.432. The summed E-state index contributed by atoms with van der Waals surface area (Å²) in [4.78, 5) is 0. The molecule has 0 saturated carbocycles. The van der Waals surface area contributed by atoms with Gasteiger partial charge in [-0.1, -0.05) is 0 Å². The van der Waals surface area contributed by atoms with Gasteiger partial charge in [0.05, 0.1) is 19.3 Å². The number of rotatable bonds is 0. The average Bonchev–Trinajstić information content (AvgIpc) is 1.64. The van der Waals surface area contributed by atoms with Crippen molar-refractivity contribution in [3.63, 3.8) is 0 Å². The van der Waals surface area contributed by atoms with E-state index in [2.05, 4.69) is 0 Å². The topological polar surface area (TPSA) is 55.5 Å². The fraction of sp³-hybridized carbons (Fsp3) is 1.00. The summed E-state index contributed by atoms with van der Waals surface area (Å²) < 4.78 is 4.92. The molecule has 0 aliphatic carbocycles. The summed E-state index contributed by atoms with van der Waals surface area (Å²) in [5.74, 6) is 0. The van der Waals surface area contributed by atoms with Crippen LogP contribution in [0.5, 0.6) is 0 Å². The molecule has 48 valence electrons. The Balaban J connectivity index is 2.23. The lowest BCUT2D eigenvalue weighted by molar-refractivity contribution is -0.0154. The van der Waals surface area contributed by atoms with Crippen molar-refractivity contribution < 1.29 is 9.84 Å². The molecule has 8 heavy (non-hydrogen) atoms. The van der Waals surface area contributed by atoms with Crippen LogP contribution in [0.4, 0.5) is 0 Å². The lowest BCUT2D eigenvalue weighted by Crippen LogP contribution is -2.38. The van der Waals surface area contributed by atoms with Crippen molar-refractivity contribution in [2.75, 3.05) is 13.2 Å². The Labute approximate surface area is 48.4 Å². The van der Waals surface area contributed by atoms with Crippen molar-refractivity contribution in [3.8, 4) is 0 Å². The molecule has 3 heteroatoms. The lowest BCUT2D eigenvalue weighted by Gasteiger charge is -2.22. The van der Waals surface area contributed by atoms with Crippen LogP contribution in [-0.4, -0.2) is 30.5 Å². The summed E-state index contributed by atoms with van der Waals surface area (Å²) in [5.41, 5.74) is 5.44. The highest BCUT2D eigenvalue weighted by Gasteiger charge is 2.16. The van der Waals surface area contributed by atoms with E-state index in [9.17, 15) is 0 Å². The molecule has 0 amide bonds. The van der Waals surface area contributed by atoms with Crippen molar-refractivity contribution in [1.29, 1.82) is 0 Å². The predicted octanol–water partition coefficient (Wildman–Crippen LogP) is -0.905. The largest absolute Gasteiger partial charge is 0.391 e. The van der Waals surface area contributed by atoms with E-state index in [0.717, 1.165) is 0 Å². The second kappa shape index (κ2) is 2.44. The van der Waals surface area contributed by atoms with Crippen LogP contribution >= 0.6 is 0 Å². The molecule has 0 radical (unpaired) electrons. The van der Waals surface area contributed by atoms with Gasteiger partial charge in [0.1, 0.15) is 0 Å². The van der Waals surface area contributed by atoms with Crippen LogP contribution in [0, 0.1) is 0 Å². The maximum Gasteiger partial charge on any atom is 0.0789 e. The molecule has 1 aliphatic rings. The van der Waals surface area contributed by atoms with E-state index in [-0.39, 0.29) is 12.1 Å². The first-order valence-electron chi connectivity index (χ1n) is 2.80. The molecule has 0 bridgehead atoms. The van der Waals surface area contributed by atoms with Crippen LogP contribution in [0.15, 0.2) is 0 Å². The van der Waals surface area contributed by atoms with Gasteiger partial charge >= 0.3 is 0 Å². The molecule has 0 aromatic carbocycles. The number of hydrogen-bond acceptors (Lipinski definition) is 3. The molecule has 1 aliphatic heterocycles. The number of aliphatic hydroxyl groups excluding tert-OH is 1. The fourth-order valence-corrected chi connectivity index (χ4v) is 0.841. The lowest BCUT2D eigenvalue weighted by atomic mass is 10.1. The van der Waals surface area contributed by atoms with Gasteiger partial charge < -0.3 is 15.6 Å². The van der Waals surface area contributed by atoms with Gasteiger partial charge in [-0.3, -0.25) is 0 Å². The zero-order chi connectivity index (χ0) is 5.98. The average molecular weight is 117 g/mol. The molecular weight excluding hydrogens is 106 g/mol. The Morgan fingerprint density at radius 2 is 2.25 bits per heavy atom. The minimum absolute atomic E-state index is 0.0405. The normalized spacial score (nSPS) is 39.8. The molecule has 3 nitrogen and oxygen atoms in total. The zero-order valence-electron chi connectivity index (χ0n) is 4.71. The first-order valence-corrected chi connectivity index (χ1v) is 2.80. The van der Waals surface area contributed by atoms with Gasteiger partial charge in [0.2, 0.25) is 0 Å². The van der Waals surface area contributed by atoms with Gasteiger partial charge in [0.15, 0.2) is 0 Å². The Morgan fingerprint density at radius 1 is 1.50 bits per heavy atom. The maximum atomic E-state index is 8.87. The van der Waals surface area contributed by atoms with Crippen LogP contribution in [0.1, 0.15) is 6.42 Å². The third kappa shape index (κ3) is 1.43. The van der Waals surface area contributed by atoms with Crippen LogP contribution in [-0.2, 0) is 4.74 Å². The number of nitrogens with two attached hydrogens (primary N) is 1. The fourth-order valence-electron chi connectivity index (χ4n) is 0.841. The highest BCUT2D eigenvalue weighted by atomic mass is 16.5. The van der Waals surface area contributed by atoms with Gasteiger partial charge in [-0.2, -0.15) is 0 Å². The third-order valence-corrected chi connectivity index (χ3v) is 1.22. The van der Waals surface area contributed by atoms with E-state index in [4.69, 9.17) is 15.6 Å². The monoisotopic (exact) mass is 117 g/mol. The van der Waals surface area contributed by atoms with E-state index in [1.54, 1.807) is 0 Å². The van der Waals surface area contributed by atoms with Crippen molar-refractivity contribution in [3.05, 3.63) is 0 Å². The smallest absolute Gasteiger partial charge is 0.0789 e. The third-order valence-electron chi connectivity index (χ3n) is 1.22. The Kier molecular flexibility index (Phi) is 1.83. The molecular formula is C5H11NO2. The minimum Gasteiger partial charge on any atom is -0.391 e. The summed E-state index contributed by atoms with van der Waals surface area (Å²) >= 11 is 0. The molecule has 0 spiro atoms. The first kappa shape index (κ1) is 6.01. The van der Waals surface area contributed by atoms with E-state index in [1.165, 1.54) is 0 Å². The predicted molar refractivity (Wildman–Crippen MR) is 29.4 cm³/mol. The minimum atomic E-state index is -0.334. The standard InChI is InChI=1S/C5H11NO2/c6-4-1-5(7)3-8-2-4/h4-5,7H,1-3,6H2/t4-,5+/m0/s1. The van der Waals surface area contributed by atoms with Crippen molar-refractivity contribution in [1.82, 2.24) is 0 Å². The molecule has 0 aromatic heterocycles. The number of ether oxygens (including phenoxy) is 1. The van der Waals surface area contributed by atoms with E-state index in [1.807, 2.05) is 0 Å². The molecule has 1 heterocycles. The van der Waals surface area contributed by atoms with Gasteiger partial charge in [0.25, 0.3) is 0 Å². The second-order valence-electron chi connectivity index (χ2n) is 2.19. The summed E-state index contributed by atoms with van der Waals surface area (Å²) in [5, 5.41) is 8.87. The highest BCUT2D eigenvalue weighted by Crippen LogP contribution is 2.03. The van der Waals surface area contributed by atoms with Crippen molar-refractivity contribution in [2.24, 2.45) is 5.73 Å². The summed E-state index contributed by atoms with van der Waals surface area (Å²) in [6, 6.07) is 0.0405.